The number of hydrogen-bond donors (Lipinski definition) is 1. The van der Waals surface area contributed by atoms with Crippen molar-refractivity contribution in [2.75, 3.05) is 6.54 Å². The minimum absolute atomic E-state index is 0.0310. The van der Waals surface area contributed by atoms with Gasteiger partial charge in [-0.15, -0.1) is 0 Å². The van der Waals surface area contributed by atoms with E-state index >= 15 is 0 Å². The van der Waals surface area contributed by atoms with Crippen LogP contribution in [0, 0.1) is 0 Å². The van der Waals surface area contributed by atoms with E-state index < -0.39 is 0 Å². The van der Waals surface area contributed by atoms with Crippen LogP contribution in [0.3, 0.4) is 0 Å². The molecule has 0 saturated carbocycles. The van der Waals surface area contributed by atoms with Gasteiger partial charge in [0.2, 0.25) is 12.3 Å². The van der Waals surface area contributed by atoms with Gasteiger partial charge in [0, 0.05) is 13.1 Å². The molecular formula is C14H18N2O2. The SMILES string of the molecule is O=CN[C@H]1CCCCN(Cc2ccccc2)C1=O. The molecule has 1 saturated heterocycles. The normalized spacial score (nSPS) is 20.3. The highest BCUT2D eigenvalue weighted by Crippen LogP contribution is 2.15. The fraction of sp³-hybridized carbons (Fsp3) is 0.429. The predicted molar refractivity (Wildman–Crippen MR) is 68.7 cm³/mol. The maximum Gasteiger partial charge on any atom is 0.245 e. The van der Waals surface area contributed by atoms with E-state index in [9.17, 15) is 9.59 Å². The van der Waals surface area contributed by atoms with E-state index in [1.807, 2.05) is 35.2 Å². The first kappa shape index (κ1) is 12.6. The molecule has 1 aliphatic heterocycles. The van der Waals surface area contributed by atoms with Crippen LogP contribution < -0.4 is 5.32 Å². The third kappa shape index (κ3) is 3.09. The van der Waals surface area contributed by atoms with E-state index in [4.69, 9.17) is 0 Å². The maximum absolute atomic E-state index is 12.2. The Morgan fingerprint density at radius 3 is 2.78 bits per heavy atom. The Bertz CT molecular complexity index is 406. The molecule has 1 heterocycles. The molecule has 1 fully saturated rings. The number of nitrogens with one attached hydrogen (secondary N) is 1. The lowest BCUT2D eigenvalue weighted by atomic mass is 10.1. The molecule has 4 heteroatoms. The second-order valence-corrected chi connectivity index (χ2v) is 4.58. The third-order valence-electron chi connectivity index (χ3n) is 3.27. The predicted octanol–water partition coefficient (Wildman–Crippen LogP) is 1.31. The Morgan fingerprint density at radius 1 is 1.28 bits per heavy atom. The Hall–Kier alpha value is -1.84. The van der Waals surface area contributed by atoms with E-state index in [1.165, 1.54) is 0 Å². The molecule has 1 aromatic carbocycles. The molecular weight excluding hydrogens is 228 g/mol. The highest BCUT2D eigenvalue weighted by atomic mass is 16.2. The van der Waals surface area contributed by atoms with Crippen LogP contribution in [0.4, 0.5) is 0 Å². The summed E-state index contributed by atoms with van der Waals surface area (Å²) >= 11 is 0. The van der Waals surface area contributed by atoms with Gasteiger partial charge in [-0.2, -0.15) is 0 Å². The second-order valence-electron chi connectivity index (χ2n) is 4.58. The molecule has 2 rings (SSSR count). The number of carbonyl (C=O) groups is 2. The summed E-state index contributed by atoms with van der Waals surface area (Å²) in [6.07, 6.45) is 3.33. The molecule has 1 aliphatic rings. The van der Waals surface area contributed by atoms with Crippen LogP contribution in [0.25, 0.3) is 0 Å². The molecule has 1 atom stereocenters. The van der Waals surface area contributed by atoms with Gasteiger partial charge < -0.3 is 10.2 Å². The first-order valence-electron chi connectivity index (χ1n) is 6.33. The molecule has 1 N–H and O–H groups in total. The Kier molecular flexibility index (Phi) is 4.34. The summed E-state index contributed by atoms with van der Waals surface area (Å²) in [6.45, 7) is 1.39. The maximum atomic E-state index is 12.2. The second kappa shape index (κ2) is 6.19. The quantitative estimate of drug-likeness (QED) is 0.814. The van der Waals surface area contributed by atoms with Gasteiger partial charge in [-0.25, -0.2) is 0 Å². The van der Waals surface area contributed by atoms with Crippen molar-refractivity contribution in [3.05, 3.63) is 35.9 Å². The standard InChI is InChI=1S/C14H18N2O2/c17-11-15-13-8-4-5-9-16(14(13)18)10-12-6-2-1-3-7-12/h1-3,6-7,11,13H,4-5,8-10H2,(H,15,17)/t13-/m0/s1. The first-order valence-corrected chi connectivity index (χ1v) is 6.33. The summed E-state index contributed by atoms with van der Waals surface area (Å²) in [4.78, 5) is 24.6. The third-order valence-corrected chi connectivity index (χ3v) is 3.27. The van der Waals surface area contributed by atoms with Crippen molar-refractivity contribution in [2.45, 2.75) is 31.8 Å². The number of benzene rings is 1. The van der Waals surface area contributed by atoms with Crippen LogP contribution in [0.15, 0.2) is 30.3 Å². The van der Waals surface area contributed by atoms with Gasteiger partial charge in [0.15, 0.2) is 0 Å². The monoisotopic (exact) mass is 246 g/mol. The smallest absolute Gasteiger partial charge is 0.245 e. The largest absolute Gasteiger partial charge is 0.347 e. The van der Waals surface area contributed by atoms with Gasteiger partial charge in [0.25, 0.3) is 0 Å². The van der Waals surface area contributed by atoms with Gasteiger partial charge in [0.05, 0.1) is 0 Å². The summed E-state index contributed by atoms with van der Waals surface area (Å²) in [5.41, 5.74) is 1.12. The molecule has 0 spiro atoms. The topological polar surface area (TPSA) is 49.4 Å². The fourth-order valence-electron chi connectivity index (χ4n) is 2.30. The lowest BCUT2D eigenvalue weighted by molar-refractivity contribution is -0.134. The van der Waals surface area contributed by atoms with E-state index in [2.05, 4.69) is 5.32 Å². The summed E-state index contributed by atoms with van der Waals surface area (Å²) in [5.74, 6) is 0.0310. The summed E-state index contributed by atoms with van der Waals surface area (Å²) in [5, 5.41) is 2.62. The summed E-state index contributed by atoms with van der Waals surface area (Å²) in [7, 11) is 0. The zero-order valence-corrected chi connectivity index (χ0v) is 10.3. The van der Waals surface area contributed by atoms with E-state index in [-0.39, 0.29) is 11.9 Å². The molecule has 4 nitrogen and oxygen atoms in total. The minimum Gasteiger partial charge on any atom is -0.347 e. The number of hydrogen-bond acceptors (Lipinski definition) is 2. The first-order chi connectivity index (χ1) is 8.81. The number of amides is 2. The number of carbonyl (C=O) groups excluding carboxylic acids is 2. The van der Waals surface area contributed by atoms with E-state index in [0.717, 1.165) is 31.4 Å². The summed E-state index contributed by atoms with van der Waals surface area (Å²) < 4.78 is 0. The molecule has 0 unspecified atom stereocenters. The Balaban J connectivity index is 2.06. The van der Waals surface area contributed by atoms with Gasteiger partial charge in [0.1, 0.15) is 6.04 Å². The van der Waals surface area contributed by atoms with Crippen molar-refractivity contribution in [1.29, 1.82) is 0 Å². The van der Waals surface area contributed by atoms with Gasteiger partial charge in [-0.1, -0.05) is 30.3 Å². The van der Waals surface area contributed by atoms with Gasteiger partial charge in [-0.05, 0) is 24.8 Å². The Morgan fingerprint density at radius 2 is 2.06 bits per heavy atom. The van der Waals surface area contributed by atoms with Crippen LogP contribution in [0.1, 0.15) is 24.8 Å². The molecule has 0 radical (unpaired) electrons. The van der Waals surface area contributed by atoms with Crippen LogP contribution in [0.5, 0.6) is 0 Å². The molecule has 18 heavy (non-hydrogen) atoms. The highest BCUT2D eigenvalue weighted by molar-refractivity contribution is 5.83. The highest BCUT2D eigenvalue weighted by Gasteiger charge is 2.26. The van der Waals surface area contributed by atoms with Crippen LogP contribution in [-0.2, 0) is 16.1 Å². The van der Waals surface area contributed by atoms with Crippen LogP contribution >= 0.6 is 0 Å². The van der Waals surface area contributed by atoms with Crippen LogP contribution in [-0.4, -0.2) is 29.8 Å². The fourth-order valence-corrected chi connectivity index (χ4v) is 2.30. The van der Waals surface area contributed by atoms with Crippen molar-refractivity contribution in [2.24, 2.45) is 0 Å². The Labute approximate surface area is 107 Å². The lowest BCUT2D eigenvalue weighted by Gasteiger charge is -2.24. The van der Waals surface area contributed by atoms with Crippen molar-refractivity contribution in [3.63, 3.8) is 0 Å². The number of nitrogens with zero attached hydrogens (tertiary/aromatic N) is 1. The van der Waals surface area contributed by atoms with Gasteiger partial charge in [-0.3, -0.25) is 9.59 Å². The van der Waals surface area contributed by atoms with Crippen LogP contribution in [0.2, 0.25) is 0 Å². The lowest BCUT2D eigenvalue weighted by Crippen LogP contribution is -2.44. The molecule has 1 aromatic rings. The molecule has 96 valence electrons. The van der Waals surface area contributed by atoms with E-state index in [1.54, 1.807) is 0 Å². The average molecular weight is 246 g/mol. The molecule has 0 bridgehead atoms. The number of likely N-dealkylation sites (tertiary alicyclic amines) is 1. The zero-order valence-electron chi connectivity index (χ0n) is 10.3. The van der Waals surface area contributed by atoms with Gasteiger partial charge >= 0.3 is 0 Å². The van der Waals surface area contributed by atoms with Crippen molar-refractivity contribution in [1.82, 2.24) is 10.2 Å². The summed E-state index contributed by atoms with van der Waals surface area (Å²) in [6, 6.07) is 9.58. The molecule has 0 aliphatic carbocycles. The van der Waals surface area contributed by atoms with Crippen molar-refractivity contribution in [3.8, 4) is 0 Å². The molecule has 0 aromatic heterocycles. The van der Waals surface area contributed by atoms with Crippen molar-refractivity contribution < 1.29 is 9.59 Å². The minimum atomic E-state index is -0.353. The molecule has 2 amide bonds. The van der Waals surface area contributed by atoms with E-state index in [0.29, 0.717) is 13.0 Å². The number of rotatable bonds is 4. The zero-order chi connectivity index (χ0) is 12.8. The average Bonchev–Trinajstić information content (AvgIpc) is 2.56. The van der Waals surface area contributed by atoms with Crippen molar-refractivity contribution >= 4 is 12.3 Å².